The summed E-state index contributed by atoms with van der Waals surface area (Å²) in [4.78, 5) is 21.7. The largest absolute Gasteiger partial charge is 0.469 e. The van der Waals surface area contributed by atoms with Crippen LogP contribution in [0.25, 0.3) is 0 Å². The van der Waals surface area contributed by atoms with E-state index in [-0.39, 0.29) is 29.1 Å². The molecular formula is C16H18FN3O4. The Labute approximate surface area is 138 Å². The second kappa shape index (κ2) is 7.73. The van der Waals surface area contributed by atoms with Crippen molar-refractivity contribution in [3.05, 3.63) is 33.6 Å². The fraction of sp³-hybridized carbons (Fsp3) is 0.500. The number of methoxy groups -OCH3 is 1. The summed E-state index contributed by atoms with van der Waals surface area (Å²) in [6.07, 6.45) is 2.96. The fourth-order valence-corrected chi connectivity index (χ4v) is 3.01. The maximum atomic E-state index is 13.8. The highest BCUT2D eigenvalue weighted by Crippen LogP contribution is 2.32. The summed E-state index contributed by atoms with van der Waals surface area (Å²) >= 11 is 0. The van der Waals surface area contributed by atoms with Crippen molar-refractivity contribution in [3.63, 3.8) is 0 Å². The van der Waals surface area contributed by atoms with Crippen LogP contribution in [0.2, 0.25) is 0 Å². The fourth-order valence-electron chi connectivity index (χ4n) is 3.01. The summed E-state index contributed by atoms with van der Waals surface area (Å²) in [7, 11) is 1.37. The van der Waals surface area contributed by atoms with E-state index in [1.54, 1.807) is 6.07 Å². The number of nitro groups is 1. The van der Waals surface area contributed by atoms with Crippen LogP contribution in [0.15, 0.2) is 12.1 Å². The van der Waals surface area contributed by atoms with Crippen molar-refractivity contribution in [3.8, 4) is 6.07 Å². The lowest BCUT2D eigenvalue weighted by Crippen LogP contribution is -2.26. The molecule has 0 amide bonds. The third-order valence-corrected chi connectivity index (χ3v) is 4.34. The molecule has 1 N–H and O–H groups in total. The normalized spacial score (nSPS) is 20.0. The predicted octanol–water partition coefficient (Wildman–Crippen LogP) is 3.00. The third kappa shape index (κ3) is 3.98. The predicted molar refractivity (Wildman–Crippen MR) is 83.7 cm³/mol. The molecule has 8 heteroatoms. The highest BCUT2D eigenvalue weighted by atomic mass is 19.1. The van der Waals surface area contributed by atoms with Gasteiger partial charge < -0.3 is 10.1 Å². The minimum Gasteiger partial charge on any atom is -0.469 e. The average Bonchev–Trinajstić information content (AvgIpc) is 2.58. The number of nitrogens with one attached hydrogen (secondary N) is 1. The molecule has 1 fully saturated rings. The molecule has 0 atom stereocenters. The van der Waals surface area contributed by atoms with E-state index >= 15 is 0 Å². The van der Waals surface area contributed by atoms with Crippen LogP contribution < -0.4 is 5.32 Å². The van der Waals surface area contributed by atoms with E-state index < -0.39 is 16.4 Å². The van der Waals surface area contributed by atoms with Crippen LogP contribution in [-0.4, -0.2) is 24.5 Å². The maximum Gasteiger partial charge on any atom is 0.327 e. The van der Waals surface area contributed by atoms with Gasteiger partial charge in [-0.1, -0.05) is 0 Å². The number of benzene rings is 1. The highest BCUT2D eigenvalue weighted by molar-refractivity contribution is 5.72. The molecule has 0 unspecified atom stereocenters. The van der Waals surface area contributed by atoms with E-state index in [1.807, 2.05) is 0 Å². The Morgan fingerprint density at radius 3 is 2.67 bits per heavy atom. The van der Waals surface area contributed by atoms with Gasteiger partial charge in [-0.2, -0.15) is 9.65 Å². The van der Waals surface area contributed by atoms with Gasteiger partial charge in [0.15, 0.2) is 0 Å². The van der Waals surface area contributed by atoms with E-state index in [2.05, 4.69) is 5.32 Å². The second-order valence-corrected chi connectivity index (χ2v) is 5.84. The average molecular weight is 335 g/mol. The SMILES string of the molecule is COC(=O)C1CCC(CNc2cc(C#N)cc(F)c2[N+](=O)[O-])CC1. The summed E-state index contributed by atoms with van der Waals surface area (Å²) in [6, 6.07) is 3.91. The standard InChI is InChI=1S/C16H18FN3O4/c1-24-16(21)12-4-2-10(3-5-12)9-19-14-7-11(8-18)6-13(17)15(14)20(22)23/h6-7,10,12,19H,2-5,9H2,1H3. The Bertz CT molecular complexity index is 679. The number of nitrogens with zero attached hydrogens (tertiary/aromatic N) is 2. The van der Waals surface area contributed by atoms with Crippen LogP contribution in [0.4, 0.5) is 15.8 Å². The number of carbonyl (C=O) groups excluding carboxylic acids is 1. The van der Waals surface area contributed by atoms with Gasteiger partial charge in [0.2, 0.25) is 5.82 Å². The van der Waals surface area contributed by atoms with E-state index in [9.17, 15) is 19.3 Å². The first kappa shape index (κ1) is 17.7. The Balaban J connectivity index is 2.02. The lowest BCUT2D eigenvalue weighted by molar-refractivity contribution is -0.386. The number of nitriles is 1. The molecule has 1 aromatic carbocycles. The molecule has 0 spiro atoms. The molecule has 128 valence electrons. The molecule has 0 heterocycles. The molecule has 1 aliphatic rings. The number of anilines is 1. The van der Waals surface area contributed by atoms with Gasteiger partial charge in [-0.15, -0.1) is 0 Å². The van der Waals surface area contributed by atoms with Crippen molar-refractivity contribution >= 4 is 17.3 Å². The van der Waals surface area contributed by atoms with Crippen molar-refractivity contribution in [1.82, 2.24) is 0 Å². The molecule has 7 nitrogen and oxygen atoms in total. The van der Waals surface area contributed by atoms with Crippen molar-refractivity contribution in [1.29, 1.82) is 5.26 Å². The highest BCUT2D eigenvalue weighted by Gasteiger charge is 2.28. The lowest BCUT2D eigenvalue weighted by Gasteiger charge is -2.27. The first-order chi connectivity index (χ1) is 11.5. The Hall–Kier alpha value is -2.69. The molecule has 1 saturated carbocycles. The Morgan fingerprint density at radius 1 is 1.46 bits per heavy atom. The number of carbonyl (C=O) groups is 1. The molecule has 0 aliphatic heterocycles. The maximum absolute atomic E-state index is 13.8. The zero-order chi connectivity index (χ0) is 17.7. The zero-order valence-electron chi connectivity index (χ0n) is 13.3. The lowest BCUT2D eigenvalue weighted by atomic mass is 9.82. The molecule has 0 bridgehead atoms. The number of esters is 1. The van der Waals surface area contributed by atoms with E-state index in [1.165, 1.54) is 13.2 Å². The van der Waals surface area contributed by atoms with Crippen molar-refractivity contribution in [2.45, 2.75) is 25.7 Å². The van der Waals surface area contributed by atoms with E-state index in [0.29, 0.717) is 19.4 Å². The number of hydrogen-bond acceptors (Lipinski definition) is 6. The van der Waals surface area contributed by atoms with Crippen LogP contribution in [0.3, 0.4) is 0 Å². The summed E-state index contributed by atoms with van der Waals surface area (Å²) in [5.74, 6) is -1.11. The number of rotatable bonds is 5. The van der Waals surface area contributed by atoms with E-state index in [0.717, 1.165) is 18.9 Å². The molecule has 2 rings (SSSR count). The number of halogens is 1. The Morgan fingerprint density at radius 2 is 2.12 bits per heavy atom. The molecule has 24 heavy (non-hydrogen) atoms. The van der Waals surface area contributed by atoms with Gasteiger partial charge in [0.1, 0.15) is 5.69 Å². The number of nitro benzene ring substituents is 1. The van der Waals surface area contributed by atoms with Crippen LogP contribution in [0, 0.1) is 39.1 Å². The van der Waals surface area contributed by atoms with Gasteiger partial charge in [-0.05, 0) is 43.7 Å². The number of hydrogen-bond donors (Lipinski definition) is 1. The minimum atomic E-state index is -1.03. The van der Waals surface area contributed by atoms with Gasteiger partial charge in [-0.25, -0.2) is 0 Å². The molecule has 0 radical (unpaired) electrons. The zero-order valence-corrected chi connectivity index (χ0v) is 13.3. The quantitative estimate of drug-likeness (QED) is 0.504. The molecule has 1 aromatic rings. The van der Waals surface area contributed by atoms with Gasteiger partial charge >= 0.3 is 11.7 Å². The molecule has 0 aromatic heterocycles. The monoisotopic (exact) mass is 335 g/mol. The summed E-state index contributed by atoms with van der Waals surface area (Å²) in [5.41, 5.74) is -0.626. The first-order valence-corrected chi connectivity index (χ1v) is 7.66. The van der Waals surface area contributed by atoms with Crippen LogP contribution in [-0.2, 0) is 9.53 Å². The smallest absolute Gasteiger partial charge is 0.327 e. The van der Waals surface area contributed by atoms with Crippen LogP contribution in [0.1, 0.15) is 31.2 Å². The summed E-state index contributed by atoms with van der Waals surface area (Å²) < 4.78 is 18.5. The van der Waals surface area contributed by atoms with Crippen molar-refractivity contribution < 1.29 is 18.8 Å². The molecular weight excluding hydrogens is 317 g/mol. The number of ether oxygens (including phenoxy) is 1. The van der Waals surface area contributed by atoms with Crippen LogP contribution in [0.5, 0.6) is 0 Å². The summed E-state index contributed by atoms with van der Waals surface area (Å²) in [5, 5.41) is 22.8. The van der Waals surface area contributed by atoms with Gasteiger partial charge in [0.05, 0.1) is 29.6 Å². The molecule has 0 saturated heterocycles. The molecule has 1 aliphatic carbocycles. The van der Waals surface area contributed by atoms with Gasteiger partial charge in [0, 0.05) is 6.54 Å². The van der Waals surface area contributed by atoms with Crippen molar-refractivity contribution in [2.24, 2.45) is 11.8 Å². The first-order valence-electron chi connectivity index (χ1n) is 7.66. The van der Waals surface area contributed by atoms with Crippen molar-refractivity contribution in [2.75, 3.05) is 19.0 Å². The van der Waals surface area contributed by atoms with E-state index in [4.69, 9.17) is 10.00 Å². The second-order valence-electron chi connectivity index (χ2n) is 5.84. The van der Waals surface area contributed by atoms with Gasteiger partial charge in [0.25, 0.3) is 0 Å². The summed E-state index contributed by atoms with van der Waals surface area (Å²) in [6.45, 7) is 0.420. The van der Waals surface area contributed by atoms with Crippen LogP contribution >= 0.6 is 0 Å². The topological polar surface area (TPSA) is 105 Å². The third-order valence-electron chi connectivity index (χ3n) is 4.34. The van der Waals surface area contributed by atoms with Gasteiger partial charge in [-0.3, -0.25) is 14.9 Å². The Kier molecular flexibility index (Phi) is 5.68. The minimum absolute atomic E-state index is 0.00615.